The van der Waals surface area contributed by atoms with Crippen LogP contribution in [-0.4, -0.2) is 93.8 Å². The van der Waals surface area contributed by atoms with E-state index in [-0.39, 0.29) is 54.2 Å². The highest BCUT2D eigenvalue weighted by molar-refractivity contribution is 8.00. The van der Waals surface area contributed by atoms with Crippen LogP contribution in [0.4, 0.5) is 0 Å². The zero-order valence-electron chi connectivity index (χ0n) is 35.4. The van der Waals surface area contributed by atoms with Gasteiger partial charge in [-0.15, -0.1) is 11.8 Å². The molecule has 5 rings (SSSR count). The minimum Gasteiger partial charge on any atom is -0.361 e. The molecule has 2 aliphatic rings. The van der Waals surface area contributed by atoms with Crippen LogP contribution in [0.5, 0.6) is 0 Å². The molecule has 59 heavy (non-hydrogen) atoms. The van der Waals surface area contributed by atoms with E-state index in [4.69, 9.17) is 0 Å². The van der Waals surface area contributed by atoms with E-state index in [1.807, 2.05) is 96.1 Å². The molecule has 3 aromatic rings. The number of carbonyl (C=O) groups is 6. The van der Waals surface area contributed by atoms with Gasteiger partial charge >= 0.3 is 0 Å². The van der Waals surface area contributed by atoms with E-state index in [2.05, 4.69) is 42.2 Å². The Morgan fingerprint density at radius 1 is 0.576 bits per heavy atom. The summed E-state index contributed by atoms with van der Waals surface area (Å²) >= 11 is 1.50. The van der Waals surface area contributed by atoms with Crippen LogP contribution in [0.3, 0.4) is 0 Å². The van der Waals surface area contributed by atoms with Crippen LogP contribution in [0.1, 0.15) is 72.9 Å². The Labute approximate surface area is 351 Å². The van der Waals surface area contributed by atoms with E-state index in [1.165, 1.54) is 11.8 Å². The van der Waals surface area contributed by atoms with Gasteiger partial charge in [0.25, 0.3) is 0 Å². The van der Waals surface area contributed by atoms with Crippen LogP contribution >= 0.6 is 11.8 Å². The molecule has 6 amide bonds. The molecule has 320 valence electrons. The highest BCUT2D eigenvalue weighted by Crippen LogP contribution is 2.26. The Hall–Kier alpha value is -4.89. The van der Waals surface area contributed by atoms with Crippen molar-refractivity contribution in [3.05, 3.63) is 71.9 Å². The number of amides is 6. The van der Waals surface area contributed by atoms with Gasteiger partial charge in [0, 0.05) is 35.7 Å². The van der Waals surface area contributed by atoms with Gasteiger partial charge in [-0.05, 0) is 47.3 Å². The Morgan fingerprint density at radius 2 is 1.12 bits per heavy atom. The fourth-order valence-corrected chi connectivity index (χ4v) is 9.07. The fraction of sp³-hybridized carbons (Fsp3) is 0.545. The molecule has 0 saturated carbocycles. The molecule has 3 heterocycles. The second kappa shape index (κ2) is 20.4. The second-order valence-corrected chi connectivity index (χ2v) is 18.5. The van der Waals surface area contributed by atoms with Gasteiger partial charge in [-0.25, -0.2) is 0 Å². The zero-order chi connectivity index (χ0) is 43.0. The first kappa shape index (κ1) is 45.2. The summed E-state index contributed by atoms with van der Waals surface area (Å²) in [5.41, 5.74) is 2.44. The van der Waals surface area contributed by atoms with Gasteiger partial charge in [-0.1, -0.05) is 104 Å². The molecule has 14 nitrogen and oxygen atoms in total. The molecule has 8 atom stereocenters. The topological polar surface area (TPSA) is 202 Å². The predicted octanol–water partition coefficient (Wildman–Crippen LogP) is 2.92. The Bertz CT molecular complexity index is 1950. The summed E-state index contributed by atoms with van der Waals surface area (Å²) in [6, 6.07) is 10.6. The number of rotatable bonds is 9. The number of hydrogen-bond acceptors (Lipinski definition) is 8. The van der Waals surface area contributed by atoms with E-state index < -0.39 is 71.8 Å². The summed E-state index contributed by atoms with van der Waals surface area (Å²) in [6.07, 6.45) is 2.27. The lowest BCUT2D eigenvalue weighted by Crippen LogP contribution is -2.61. The SMILES string of the molecule is CC(C)C[C@H]1NC(=O)[C@H](Cc2c[nH]c3ccccc23)NC(=O)[C@@H](Cc2ccccc2)NC(=O)[C@@H]2CSC(N2)[C@H](C(C)C)NC(=O)[C@@H](C(C)C)NC(=O)[C@H](C(C)C)NC1=O. The number of aromatic nitrogens is 1. The van der Waals surface area contributed by atoms with Crippen LogP contribution in [0.15, 0.2) is 60.8 Å². The van der Waals surface area contributed by atoms with E-state index in [0.29, 0.717) is 5.75 Å². The van der Waals surface area contributed by atoms with Crippen molar-refractivity contribution in [3.63, 3.8) is 0 Å². The molecule has 0 aliphatic carbocycles. The molecule has 0 radical (unpaired) electrons. The third-order valence-electron chi connectivity index (χ3n) is 11.0. The number of para-hydroxylation sites is 1. The Balaban J connectivity index is 1.55. The van der Waals surface area contributed by atoms with Crippen molar-refractivity contribution >= 4 is 58.1 Å². The summed E-state index contributed by atoms with van der Waals surface area (Å²) in [4.78, 5) is 88.3. The molecule has 0 spiro atoms. The van der Waals surface area contributed by atoms with Crippen LogP contribution in [-0.2, 0) is 41.6 Å². The van der Waals surface area contributed by atoms with Crippen molar-refractivity contribution in [2.45, 2.75) is 122 Å². The molecular weight excluding hydrogens is 769 g/mol. The predicted molar refractivity (Wildman–Crippen MR) is 231 cm³/mol. The largest absolute Gasteiger partial charge is 0.361 e. The zero-order valence-corrected chi connectivity index (χ0v) is 36.2. The summed E-state index contributed by atoms with van der Waals surface area (Å²) in [5.74, 6) is -3.40. The quantitative estimate of drug-likeness (QED) is 0.161. The average molecular weight is 831 g/mol. The normalized spacial score (nSPS) is 26.9. The summed E-state index contributed by atoms with van der Waals surface area (Å²) in [6.45, 7) is 15.1. The highest BCUT2D eigenvalue weighted by atomic mass is 32.2. The van der Waals surface area contributed by atoms with E-state index in [1.54, 1.807) is 20.0 Å². The molecule has 1 unspecified atom stereocenters. The lowest BCUT2D eigenvalue weighted by atomic mass is 9.97. The second-order valence-electron chi connectivity index (χ2n) is 17.3. The maximum Gasteiger partial charge on any atom is 0.243 e. The minimum absolute atomic E-state index is 0.0380. The number of benzene rings is 2. The average Bonchev–Trinajstić information content (AvgIpc) is 3.84. The van der Waals surface area contributed by atoms with Crippen LogP contribution in [0.25, 0.3) is 10.9 Å². The first-order valence-corrected chi connectivity index (χ1v) is 21.9. The minimum atomic E-state index is -1.15. The lowest BCUT2D eigenvalue weighted by Gasteiger charge is -2.32. The third kappa shape index (κ3) is 11.9. The molecule has 2 bridgehead atoms. The smallest absolute Gasteiger partial charge is 0.243 e. The summed E-state index contributed by atoms with van der Waals surface area (Å²) in [5, 5.41) is 21.7. The molecule has 2 aliphatic heterocycles. The van der Waals surface area contributed by atoms with Gasteiger partial charge in [0.05, 0.1) is 17.5 Å². The van der Waals surface area contributed by atoms with Crippen molar-refractivity contribution < 1.29 is 28.8 Å². The molecule has 2 fully saturated rings. The van der Waals surface area contributed by atoms with E-state index in [0.717, 1.165) is 22.0 Å². The molecule has 8 N–H and O–H groups in total. The molecule has 2 aromatic carbocycles. The number of fused-ring (bicyclic) bond motifs is 3. The molecule has 2 saturated heterocycles. The van der Waals surface area contributed by atoms with E-state index in [9.17, 15) is 28.8 Å². The van der Waals surface area contributed by atoms with Crippen molar-refractivity contribution in [2.75, 3.05) is 5.75 Å². The van der Waals surface area contributed by atoms with Crippen molar-refractivity contribution in [1.29, 1.82) is 0 Å². The molecular formula is C44H62N8O6S. The molecule has 1 aromatic heterocycles. The van der Waals surface area contributed by atoms with Crippen LogP contribution in [0.2, 0.25) is 0 Å². The number of H-pyrrole nitrogens is 1. The van der Waals surface area contributed by atoms with E-state index >= 15 is 0 Å². The maximum absolute atomic E-state index is 14.5. The van der Waals surface area contributed by atoms with Gasteiger partial charge in [0.15, 0.2) is 0 Å². The number of nitrogens with one attached hydrogen (secondary N) is 8. The van der Waals surface area contributed by atoms with Crippen molar-refractivity contribution in [1.82, 2.24) is 42.2 Å². The summed E-state index contributed by atoms with van der Waals surface area (Å²) in [7, 11) is 0. The number of carbonyl (C=O) groups excluding carboxylic acids is 6. The maximum atomic E-state index is 14.5. The lowest BCUT2D eigenvalue weighted by molar-refractivity contribution is -0.136. The monoisotopic (exact) mass is 830 g/mol. The number of thioether (sulfide) groups is 1. The Kier molecular flexibility index (Phi) is 15.6. The third-order valence-corrected chi connectivity index (χ3v) is 12.3. The molecule has 15 heteroatoms. The van der Waals surface area contributed by atoms with Crippen molar-refractivity contribution in [3.8, 4) is 0 Å². The number of hydrogen-bond donors (Lipinski definition) is 8. The van der Waals surface area contributed by atoms with Gasteiger partial charge < -0.3 is 36.9 Å². The standard InChI is InChI=1S/C44H62N8O6S/c1-23(2)18-31-40(55)50-35(24(3)4)42(57)51-36(25(5)6)43(58)52-37(26(7)8)44-49-34(22-59-44)41(56)47-32(19-27-14-10-9-11-15-27)38(53)48-33(39(54)46-31)20-28-21-45-30-17-13-12-16-29(28)30/h9-17,21,23-26,31-37,44-45,49H,18-20,22H2,1-8H3,(H,46,54)(H,47,56)(H,48,53)(H,50,55)(H,51,57)(H,52,58)/t31-,32-,33+,34+,35+,36-,37+,44?/m1/s1. The fourth-order valence-electron chi connectivity index (χ4n) is 7.57. The first-order valence-electron chi connectivity index (χ1n) is 20.8. The van der Waals surface area contributed by atoms with Crippen LogP contribution < -0.4 is 37.2 Å². The summed E-state index contributed by atoms with van der Waals surface area (Å²) < 4.78 is 0. The van der Waals surface area contributed by atoms with Gasteiger partial charge in [0.2, 0.25) is 35.4 Å². The highest BCUT2D eigenvalue weighted by Gasteiger charge is 2.40. The van der Waals surface area contributed by atoms with Crippen LogP contribution in [0, 0.1) is 23.7 Å². The Morgan fingerprint density at radius 3 is 1.75 bits per heavy atom. The van der Waals surface area contributed by atoms with Gasteiger partial charge in [-0.3, -0.25) is 34.1 Å². The van der Waals surface area contributed by atoms with Crippen molar-refractivity contribution in [2.24, 2.45) is 23.7 Å². The number of aromatic amines is 1. The first-order chi connectivity index (χ1) is 28.0. The van der Waals surface area contributed by atoms with Gasteiger partial charge in [0.1, 0.15) is 30.2 Å². The van der Waals surface area contributed by atoms with Gasteiger partial charge in [-0.2, -0.15) is 0 Å².